The molecule has 1 amide bonds. The number of fused-ring (bicyclic) bond motifs is 5. The molecule has 0 bridgehead atoms. The second-order valence-electron chi connectivity index (χ2n) is 9.68. The number of benzene rings is 1. The molecule has 0 spiro atoms. The summed E-state index contributed by atoms with van der Waals surface area (Å²) in [7, 11) is 0. The molecule has 1 saturated heterocycles. The Morgan fingerprint density at radius 3 is 2.95 bits per heavy atom. The molecule has 0 radical (unpaired) electrons. The molecule has 6 heterocycles. The lowest BCUT2D eigenvalue weighted by Crippen LogP contribution is -2.58. The van der Waals surface area contributed by atoms with E-state index in [9.17, 15) is 4.79 Å². The normalized spacial score (nSPS) is 16.3. The van der Waals surface area contributed by atoms with Crippen molar-refractivity contribution in [1.82, 2.24) is 34.4 Å². The van der Waals surface area contributed by atoms with E-state index in [1.807, 2.05) is 49.5 Å². The van der Waals surface area contributed by atoms with Crippen LogP contribution in [0.2, 0.25) is 0 Å². The monoisotopic (exact) mass is 535 g/mol. The number of aryl methyl sites for hydroxylation is 1. The van der Waals surface area contributed by atoms with Crippen LogP contribution in [0, 0.1) is 6.92 Å². The molecule has 4 aromatic heterocycles. The molecule has 0 aliphatic carbocycles. The predicted octanol–water partition coefficient (Wildman–Crippen LogP) is 3.51. The van der Waals surface area contributed by atoms with Gasteiger partial charge in [-0.2, -0.15) is 5.10 Å². The molecule has 5 aromatic rings. The van der Waals surface area contributed by atoms with Crippen LogP contribution in [0.3, 0.4) is 0 Å². The van der Waals surface area contributed by atoms with E-state index >= 15 is 0 Å². The van der Waals surface area contributed by atoms with E-state index in [-0.39, 0.29) is 11.9 Å². The van der Waals surface area contributed by atoms with E-state index in [1.165, 1.54) is 18.7 Å². The summed E-state index contributed by atoms with van der Waals surface area (Å²) in [5, 5.41) is 7.51. The Labute approximate surface area is 228 Å². The number of rotatable bonds is 5. The summed E-state index contributed by atoms with van der Waals surface area (Å²) in [6.07, 6.45) is 6.18. The summed E-state index contributed by atoms with van der Waals surface area (Å²) >= 11 is 0. The summed E-state index contributed by atoms with van der Waals surface area (Å²) < 4.78 is 13.8. The third-order valence-corrected chi connectivity index (χ3v) is 7.15. The maximum atomic E-state index is 12.1. The zero-order valence-electron chi connectivity index (χ0n) is 21.7. The lowest BCUT2D eigenvalue weighted by Gasteiger charge is -2.44. The Balaban J connectivity index is 1.15. The molecule has 0 unspecified atom stereocenters. The first kappa shape index (κ1) is 23.8. The molecule has 1 N–H and O–H groups in total. The van der Waals surface area contributed by atoms with Crippen LogP contribution in [0.1, 0.15) is 5.56 Å². The third kappa shape index (κ3) is 4.19. The molecule has 2 aliphatic rings. The molecule has 2 aliphatic heterocycles. The average molecular weight is 536 g/mol. The highest BCUT2D eigenvalue weighted by atomic mass is 16.5. The zero-order chi connectivity index (χ0) is 27.2. The molecule has 40 heavy (non-hydrogen) atoms. The molecule has 1 fully saturated rings. The van der Waals surface area contributed by atoms with Crippen LogP contribution in [0.5, 0.6) is 17.2 Å². The first-order valence-corrected chi connectivity index (χ1v) is 12.9. The number of ether oxygens (including phenoxy) is 2. The van der Waals surface area contributed by atoms with Gasteiger partial charge in [-0.1, -0.05) is 6.58 Å². The van der Waals surface area contributed by atoms with Gasteiger partial charge in [0.15, 0.2) is 23.0 Å². The molecular formula is C28H25N9O3. The fourth-order valence-corrected chi connectivity index (χ4v) is 5.12. The van der Waals surface area contributed by atoms with Crippen molar-refractivity contribution in [2.24, 2.45) is 0 Å². The van der Waals surface area contributed by atoms with Gasteiger partial charge in [-0.3, -0.25) is 4.79 Å². The maximum absolute atomic E-state index is 12.1. The van der Waals surface area contributed by atoms with Crippen molar-refractivity contribution in [3.05, 3.63) is 73.5 Å². The Kier molecular flexibility index (Phi) is 5.65. The molecule has 200 valence electrons. The van der Waals surface area contributed by atoms with Gasteiger partial charge in [-0.15, -0.1) is 0 Å². The number of hydrogen-bond donors (Lipinski definition) is 1. The molecule has 7 rings (SSSR count). The summed E-state index contributed by atoms with van der Waals surface area (Å²) in [5.74, 6) is 3.33. The van der Waals surface area contributed by atoms with Gasteiger partial charge in [0.25, 0.3) is 0 Å². The maximum Gasteiger partial charge on any atom is 0.246 e. The number of nitrogens with one attached hydrogen (secondary N) is 1. The van der Waals surface area contributed by atoms with Gasteiger partial charge in [0.1, 0.15) is 36.3 Å². The number of carbonyl (C=O) groups is 1. The lowest BCUT2D eigenvalue weighted by molar-refractivity contribution is -0.127. The van der Waals surface area contributed by atoms with Crippen molar-refractivity contribution in [2.45, 2.75) is 13.0 Å². The predicted molar refractivity (Wildman–Crippen MR) is 148 cm³/mol. The fraction of sp³-hybridized carbons (Fsp3) is 0.214. The number of aromatic nitrogens is 6. The van der Waals surface area contributed by atoms with E-state index in [0.717, 1.165) is 22.8 Å². The van der Waals surface area contributed by atoms with Gasteiger partial charge in [0, 0.05) is 43.7 Å². The van der Waals surface area contributed by atoms with E-state index in [2.05, 4.69) is 36.8 Å². The first-order chi connectivity index (χ1) is 19.6. The standard InChI is InChI=1S/C28H25N9O3/c1-3-25(38)35-8-9-36-19(13-35)14-39-23-12-21-26(34-28(23)36)27(31-15-29-21)33-18-4-5-22(17(2)10-18)40-20-6-7-37-24(11-20)30-16-32-37/h3-7,10-12,15-16,19H,1,8-9,13-14H2,2H3,(H,29,31,33)/t19-/m0/s1. The van der Waals surface area contributed by atoms with E-state index in [4.69, 9.17) is 14.5 Å². The highest BCUT2D eigenvalue weighted by molar-refractivity contribution is 5.90. The number of hydrogen-bond acceptors (Lipinski definition) is 10. The molecule has 12 nitrogen and oxygen atoms in total. The molecule has 0 saturated carbocycles. The van der Waals surface area contributed by atoms with Crippen molar-refractivity contribution in [1.29, 1.82) is 0 Å². The molecule has 1 aromatic carbocycles. The molecule has 12 heteroatoms. The van der Waals surface area contributed by atoms with Crippen LogP contribution < -0.4 is 19.7 Å². The van der Waals surface area contributed by atoms with Crippen LogP contribution in [0.15, 0.2) is 67.9 Å². The fourth-order valence-electron chi connectivity index (χ4n) is 5.12. The highest BCUT2D eigenvalue weighted by Crippen LogP contribution is 2.37. The number of piperazine rings is 1. The smallest absolute Gasteiger partial charge is 0.246 e. The van der Waals surface area contributed by atoms with Crippen molar-refractivity contribution in [2.75, 3.05) is 36.5 Å². The SMILES string of the molecule is C=CC(=O)N1CCN2c3nc4c(Nc5ccc(Oc6ccn7ncnc7c6)c(C)c5)ncnc4cc3OC[C@@H]2C1. The third-order valence-electron chi connectivity index (χ3n) is 7.15. The van der Waals surface area contributed by atoms with E-state index in [0.29, 0.717) is 60.2 Å². The van der Waals surface area contributed by atoms with E-state index in [1.54, 1.807) is 9.42 Å². The zero-order valence-corrected chi connectivity index (χ0v) is 21.7. The van der Waals surface area contributed by atoms with Crippen LogP contribution in [-0.2, 0) is 4.79 Å². The van der Waals surface area contributed by atoms with Crippen molar-refractivity contribution < 1.29 is 14.3 Å². The Morgan fingerprint density at radius 2 is 2.08 bits per heavy atom. The van der Waals surface area contributed by atoms with Crippen LogP contribution in [0.25, 0.3) is 16.7 Å². The van der Waals surface area contributed by atoms with Crippen molar-refractivity contribution in [3.8, 4) is 17.2 Å². The van der Waals surface area contributed by atoms with E-state index < -0.39 is 0 Å². The summed E-state index contributed by atoms with van der Waals surface area (Å²) in [4.78, 5) is 34.2. The number of anilines is 3. The Hall–Kier alpha value is -5.26. The van der Waals surface area contributed by atoms with Gasteiger partial charge >= 0.3 is 0 Å². The summed E-state index contributed by atoms with van der Waals surface area (Å²) in [5.41, 5.74) is 3.80. The van der Waals surface area contributed by atoms with Gasteiger partial charge < -0.3 is 24.6 Å². The average Bonchev–Trinajstić information content (AvgIpc) is 3.45. The first-order valence-electron chi connectivity index (χ1n) is 12.9. The molecular weight excluding hydrogens is 510 g/mol. The largest absolute Gasteiger partial charge is 0.487 e. The number of pyridine rings is 2. The minimum atomic E-state index is -0.0695. The van der Waals surface area contributed by atoms with Gasteiger partial charge in [-0.05, 0) is 42.8 Å². The van der Waals surface area contributed by atoms with Crippen LogP contribution in [-0.4, -0.2) is 72.6 Å². The van der Waals surface area contributed by atoms with Gasteiger partial charge in [-0.25, -0.2) is 24.5 Å². The lowest BCUT2D eigenvalue weighted by atomic mass is 10.1. The topological polar surface area (TPSA) is 123 Å². The van der Waals surface area contributed by atoms with Crippen LogP contribution in [0.4, 0.5) is 17.3 Å². The number of amides is 1. The Morgan fingerprint density at radius 1 is 1.15 bits per heavy atom. The summed E-state index contributed by atoms with van der Waals surface area (Å²) in [6, 6.07) is 11.4. The number of nitrogens with zero attached hydrogens (tertiary/aromatic N) is 8. The second-order valence-corrected chi connectivity index (χ2v) is 9.68. The minimum absolute atomic E-state index is 0.0109. The van der Waals surface area contributed by atoms with Gasteiger partial charge in [0.05, 0.1) is 11.6 Å². The minimum Gasteiger partial charge on any atom is -0.487 e. The van der Waals surface area contributed by atoms with Gasteiger partial charge in [0.2, 0.25) is 5.91 Å². The second kappa shape index (κ2) is 9.49. The highest BCUT2D eigenvalue weighted by Gasteiger charge is 2.35. The van der Waals surface area contributed by atoms with Crippen molar-refractivity contribution >= 4 is 39.9 Å². The Bertz CT molecular complexity index is 1790. The number of carbonyl (C=O) groups excluding carboxylic acids is 1. The van der Waals surface area contributed by atoms with Crippen molar-refractivity contribution in [3.63, 3.8) is 0 Å². The summed E-state index contributed by atoms with van der Waals surface area (Å²) in [6.45, 7) is 7.87. The van der Waals surface area contributed by atoms with Crippen LogP contribution >= 0.6 is 0 Å². The molecule has 1 atom stereocenters. The quantitative estimate of drug-likeness (QED) is 0.335.